The van der Waals surface area contributed by atoms with E-state index in [1.165, 1.54) is 12.0 Å². The third kappa shape index (κ3) is 2.33. The van der Waals surface area contributed by atoms with Crippen LogP contribution in [-0.2, 0) is 9.53 Å². The molecule has 0 aromatic heterocycles. The SMILES string of the molecule is COC(=O)CN1C(=O)c2ccccc2Nc2ccccc21. The smallest absolute Gasteiger partial charge is 0.325 e. The Kier molecular flexibility index (Phi) is 3.31. The Morgan fingerprint density at radius 1 is 1.10 bits per heavy atom. The van der Waals surface area contributed by atoms with Gasteiger partial charge >= 0.3 is 5.97 Å². The van der Waals surface area contributed by atoms with Gasteiger partial charge in [0.25, 0.3) is 5.91 Å². The molecule has 0 unspecified atom stereocenters. The van der Waals surface area contributed by atoms with E-state index in [9.17, 15) is 9.59 Å². The number of nitrogens with zero attached hydrogens (tertiary/aromatic N) is 1. The highest BCUT2D eigenvalue weighted by Crippen LogP contribution is 2.35. The predicted octanol–water partition coefficient (Wildman–Crippen LogP) is 2.56. The Morgan fingerprint density at radius 3 is 2.52 bits per heavy atom. The maximum atomic E-state index is 12.7. The van der Waals surface area contributed by atoms with Crippen molar-refractivity contribution in [2.75, 3.05) is 23.9 Å². The molecule has 0 radical (unpaired) electrons. The van der Waals surface area contributed by atoms with Crippen LogP contribution in [0.3, 0.4) is 0 Å². The number of hydrogen-bond donors (Lipinski definition) is 1. The molecule has 0 fully saturated rings. The molecule has 1 aliphatic rings. The highest BCUT2D eigenvalue weighted by Gasteiger charge is 2.27. The number of esters is 1. The molecule has 21 heavy (non-hydrogen) atoms. The number of methoxy groups -OCH3 is 1. The highest BCUT2D eigenvalue weighted by atomic mass is 16.5. The Hall–Kier alpha value is -2.82. The van der Waals surface area contributed by atoms with Gasteiger partial charge in [0.1, 0.15) is 6.54 Å². The number of carbonyl (C=O) groups is 2. The normalized spacial score (nSPS) is 12.8. The van der Waals surface area contributed by atoms with E-state index in [1.54, 1.807) is 18.2 Å². The van der Waals surface area contributed by atoms with Crippen molar-refractivity contribution in [3.05, 3.63) is 54.1 Å². The Morgan fingerprint density at radius 2 is 1.76 bits per heavy atom. The average molecular weight is 282 g/mol. The summed E-state index contributed by atoms with van der Waals surface area (Å²) in [6.07, 6.45) is 0. The fraction of sp³-hybridized carbons (Fsp3) is 0.125. The molecule has 0 saturated heterocycles. The summed E-state index contributed by atoms with van der Waals surface area (Å²) >= 11 is 0. The van der Waals surface area contributed by atoms with E-state index in [2.05, 4.69) is 5.32 Å². The topological polar surface area (TPSA) is 58.6 Å². The standard InChI is InChI=1S/C16H14N2O3/c1-21-15(19)10-18-14-9-5-4-8-13(14)17-12-7-3-2-6-11(12)16(18)20/h2-9,17H,10H2,1H3. The lowest BCUT2D eigenvalue weighted by molar-refractivity contribution is -0.138. The molecular weight excluding hydrogens is 268 g/mol. The summed E-state index contributed by atoms with van der Waals surface area (Å²) in [6.45, 7) is -0.123. The van der Waals surface area contributed by atoms with Crippen molar-refractivity contribution < 1.29 is 14.3 Å². The van der Waals surface area contributed by atoms with E-state index in [-0.39, 0.29) is 12.5 Å². The molecule has 1 aliphatic heterocycles. The fourth-order valence-electron chi connectivity index (χ4n) is 2.34. The number of benzene rings is 2. The largest absolute Gasteiger partial charge is 0.468 e. The summed E-state index contributed by atoms with van der Waals surface area (Å²) in [7, 11) is 1.31. The first-order chi connectivity index (χ1) is 10.2. The number of rotatable bonds is 2. The number of carbonyl (C=O) groups excluding carboxylic acids is 2. The average Bonchev–Trinajstić information content (AvgIpc) is 2.63. The third-order valence-corrected chi connectivity index (χ3v) is 3.38. The second kappa shape index (κ2) is 5.28. The second-order valence-electron chi connectivity index (χ2n) is 4.66. The van der Waals surface area contributed by atoms with E-state index in [4.69, 9.17) is 4.74 Å². The maximum Gasteiger partial charge on any atom is 0.325 e. The first-order valence-electron chi connectivity index (χ1n) is 6.54. The van der Waals surface area contributed by atoms with Gasteiger partial charge in [0.2, 0.25) is 0 Å². The molecule has 1 heterocycles. The quantitative estimate of drug-likeness (QED) is 0.860. The van der Waals surface area contributed by atoms with Crippen LogP contribution in [0.25, 0.3) is 0 Å². The summed E-state index contributed by atoms with van der Waals surface area (Å²) < 4.78 is 4.69. The molecule has 2 aromatic carbocycles. The predicted molar refractivity (Wildman–Crippen MR) is 79.9 cm³/mol. The second-order valence-corrected chi connectivity index (χ2v) is 4.66. The minimum Gasteiger partial charge on any atom is -0.468 e. The van der Waals surface area contributed by atoms with Crippen molar-refractivity contribution in [3.8, 4) is 0 Å². The Labute approximate surface area is 122 Å². The van der Waals surface area contributed by atoms with Gasteiger partial charge in [0, 0.05) is 0 Å². The molecule has 5 nitrogen and oxygen atoms in total. The number of fused-ring (bicyclic) bond motifs is 2. The summed E-state index contributed by atoms with van der Waals surface area (Å²) in [5.74, 6) is -0.689. The molecule has 0 saturated carbocycles. The lowest BCUT2D eigenvalue weighted by atomic mass is 10.1. The number of hydrogen-bond acceptors (Lipinski definition) is 4. The molecule has 0 aliphatic carbocycles. The minimum atomic E-state index is -0.461. The zero-order chi connectivity index (χ0) is 14.8. The van der Waals surface area contributed by atoms with Crippen LogP contribution in [0.5, 0.6) is 0 Å². The fourth-order valence-corrected chi connectivity index (χ4v) is 2.34. The van der Waals surface area contributed by atoms with E-state index in [0.717, 1.165) is 11.4 Å². The van der Waals surface area contributed by atoms with Gasteiger partial charge in [0.05, 0.1) is 29.7 Å². The van der Waals surface area contributed by atoms with Crippen LogP contribution in [0.4, 0.5) is 17.1 Å². The Bertz CT molecular complexity index is 712. The van der Waals surface area contributed by atoms with Gasteiger partial charge < -0.3 is 10.1 Å². The van der Waals surface area contributed by atoms with Gasteiger partial charge in [-0.15, -0.1) is 0 Å². The molecule has 0 spiro atoms. The zero-order valence-electron chi connectivity index (χ0n) is 11.5. The van der Waals surface area contributed by atoms with Crippen molar-refractivity contribution in [3.63, 3.8) is 0 Å². The summed E-state index contributed by atoms with van der Waals surface area (Å²) in [4.78, 5) is 25.8. The van der Waals surface area contributed by atoms with Crippen molar-refractivity contribution in [2.45, 2.75) is 0 Å². The van der Waals surface area contributed by atoms with Gasteiger partial charge in [-0.3, -0.25) is 14.5 Å². The van der Waals surface area contributed by atoms with Gasteiger partial charge in [0.15, 0.2) is 0 Å². The van der Waals surface area contributed by atoms with Crippen LogP contribution >= 0.6 is 0 Å². The molecule has 3 rings (SSSR count). The van der Waals surface area contributed by atoms with Gasteiger partial charge in [-0.05, 0) is 24.3 Å². The minimum absolute atomic E-state index is 0.123. The summed E-state index contributed by atoms with van der Waals surface area (Å²) in [5.41, 5.74) is 2.68. The van der Waals surface area contributed by atoms with E-state index >= 15 is 0 Å². The van der Waals surface area contributed by atoms with Crippen molar-refractivity contribution in [1.29, 1.82) is 0 Å². The molecule has 0 bridgehead atoms. The van der Waals surface area contributed by atoms with Crippen LogP contribution in [0.1, 0.15) is 10.4 Å². The van der Waals surface area contributed by atoms with Gasteiger partial charge in [-0.2, -0.15) is 0 Å². The van der Waals surface area contributed by atoms with Crippen molar-refractivity contribution in [1.82, 2.24) is 0 Å². The molecular formula is C16H14N2O3. The molecule has 2 aromatic rings. The number of amides is 1. The van der Waals surface area contributed by atoms with Crippen LogP contribution in [0.2, 0.25) is 0 Å². The molecule has 1 amide bonds. The lowest BCUT2D eigenvalue weighted by Crippen LogP contribution is -2.35. The number of ether oxygens (including phenoxy) is 1. The van der Waals surface area contributed by atoms with Crippen LogP contribution in [0, 0.1) is 0 Å². The zero-order valence-corrected chi connectivity index (χ0v) is 11.5. The van der Waals surface area contributed by atoms with Crippen molar-refractivity contribution >= 4 is 28.9 Å². The molecule has 106 valence electrons. The maximum absolute atomic E-state index is 12.7. The molecule has 0 atom stereocenters. The van der Waals surface area contributed by atoms with E-state index in [1.807, 2.05) is 30.3 Å². The lowest BCUT2D eigenvalue weighted by Gasteiger charge is -2.21. The summed E-state index contributed by atoms with van der Waals surface area (Å²) in [6, 6.07) is 14.6. The first kappa shape index (κ1) is 13.2. The third-order valence-electron chi connectivity index (χ3n) is 3.38. The Balaban J connectivity index is 2.13. The number of nitrogens with one attached hydrogen (secondary N) is 1. The summed E-state index contributed by atoms with van der Waals surface area (Å²) in [5, 5.41) is 3.24. The van der Waals surface area contributed by atoms with Crippen LogP contribution < -0.4 is 10.2 Å². The molecule has 5 heteroatoms. The van der Waals surface area contributed by atoms with Crippen LogP contribution in [-0.4, -0.2) is 25.5 Å². The van der Waals surface area contributed by atoms with E-state index < -0.39 is 5.97 Å². The van der Waals surface area contributed by atoms with Gasteiger partial charge in [-0.25, -0.2) is 0 Å². The van der Waals surface area contributed by atoms with Gasteiger partial charge in [-0.1, -0.05) is 24.3 Å². The number of anilines is 3. The molecule has 1 N–H and O–H groups in total. The van der Waals surface area contributed by atoms with E-state index in [0.29, 0.717) is 11.3 Å². The van der Waals surface area contributed by atoms with Crippen molar-refractivity contribution in [2.24, 2.45) is 0 Å². The van der Waals surface area contributed by atoms with Crippen LogP contribution in [0.15, 0.2) is 48.5 Å². The number of para-hydroxylation sites is 3. The monoisotopic (exact) mass is 282 g/mol. The highest BCUT2D eigenvalue weighted by molar-refractivity contribution is 6.15. The first-order valence-corrected chi connectivity index (χ1v) is 6.54.